The van der Waals surface area contributed by atoms with Gasteiger partial charge in [0, 0.05) is 6.42 Å². The number of nitrogens with one attached hydrogen (secondary N) is 1. The van der Waals surface area contributed by atoms with Gasteiger partial charge in [0.1, 0.15) is 13.2 Å². The standard InChI is InChI=1S/C70H141N2O6P/c1-6-8-10-12-14-16-18-20-22-24-26-28-30-31-32-33-34-35-36-37-38-39-40-41-42-44-46-48-50-52-54-56-58-60-62-64-70(74)71-68(67-78-79(75,76)77-66-65-72(3,4)5)69(73)63-61-59-57-55-53-51-49-47-45-43-29-27-25-23-21-19-17-15-13-11-9-7-2/h24,26,68-69,73H,6-23,25,27-67H2,1-5H3,(H-,71,74,75,76)/b26-24-. The van der Waals surface area contributed by atoms with Crippen molar-refractivity contribution < 1.29 is 32.9 Å². The number of phosphoric acid groups is 1. The van der Waals surface area contributed by atoms with Gasteiger partial charge < -0.3 is 28.8 Å². The monoisotopic (exact) mass is 1140 g/mol. The van der Waals surface area contributed by atoms with E-state index in [2.05, 4.69) is 31.3 Å². The number of aliphatic hydroxyl groups is 1. The summed E-state index contributed by atoms with van der Waals surface area (Å²) in [5, 5.41) is 14.1. The molecule has 0 aromatic heterocycles. The predicted octanol–water partition coefficient (Wildman–Crippen LogP) is 21.9. The van der Waals surface area contributed by atoms with Gasteiger partial charge in [-0.3, -0.25) is 9.36 Å². The van der Waals surface area contributed by atoms with Crippen LogP contribution in [-0.2, 0) is 18.4 Å². The van der Waals surface area contributed by atoms with Gasteiger partial charge in [0.25, 0.3) is 7.82 Å². The number of unbranched alkanes of at least 4 members (excludes halogenated alkanes) is 52. The topological polar surface area (TPSA) is 108 Å². The minimum Gasteiger partial charge on any atom is -0.756 e. The number of likely N-dealkylation sites (N-methyl/N-ethyl adjacent to an activating group) is 1. The van der Waals surface area contributed by atoms with E-state index >= 15 is 0 Å². The molecule has 79 heavy (non-hydrogen) atoms. The van der Waals surface area contributed by atoms with Crippen LogP contribution in [0, 0.1) is 0 Å². The lowest BCUT2D eigenvalue weighted by atomic mass is 10.0. The highest BCUT2D eigenvalue weighted by Crippen LogP contribution is 2.38. The maximum Gasteiger partial charge on any atom is 0.268 e. The van der Waals surface area contributed by atoms with Gasteiger partial charge >= 0.3 is 0 Å². The Morgan fingerprint density at radius 1 is 0.430 bits per heavy atom. The van der Waals surface area contributed by atoms with Crippen LogP contribution in [0.2, 0.25) is 0 Å². The van der Waals surface area contributed by atoms with E-state index in [9.17, 15) is 19.4 Å². The van der Waals surface area contributed by atoms with Crippen molar-refractivity contribution in [1.82, 2.24) is 5.32 Å². The predicted molar refractivity (Wildman–Crippen MR) is 344 cm³/mol. The van der Waals surface area contributed by atoms with Crippen LogP contribution >= 0.6 is 7.82 Å². The van der Waals surface area contributed by atoms with Gasteiger partial charge in [-0.2, -0.15) is 0 Å². The molecule has 0 saturated carbocycles. The van der Waals surface area contributed by atoms with Gasteiger partial charge in [-0.15, -0.1) is 0 Å². The molecule has 0 aliphatic carbocycles. The number of amides is 1. The Morgan fingerprint density at radius 2 is 0.696 bits per heavy atom. The van der Waals surface area contributed by atoms with Crippen molar-refractivity contribution in [2.75, 3.05) is 40.9 Å². The van der Waals surface area contributed by atoms with Crippen molar-refractivity contribution >= 4 is 13.7 Å². The zero-order chi connectivity index (χ0) is 57.7. The lowest BCUT2D eigenvalue weighted by Crippen LogP contribution is -2.46. The van der Waals surface area contributed by atoms with Crippen LogP contribution < -0.4 is 10.2 Å². The quantitative estimate of drug-likeness (QED) is 0.0272. The second-order valence-corrected chi connectivity index (χ2v) is 27.4. The second kappa shape index (κ2) is 61.8. The molecule has 1 amide bonds. The first-order valence-electron chi connectivity index (χ1n) is 35.5. The molecule has 0 aliphatic heterocycles. The summed E-state index contributed by atoms with van der Waals surface area (Å²) < 4.78 is 23.5. The van der Waals surface area contributed by atoms with Crippen molar-refractivity contribution in [1.29, 1.82) is 0 Å². The minimum atomic E-state index is -4.58. The van der Waals surface area contributed by atoms with Crippen LogP contribution in [0.5, 0.6) is 0 Å². The molecule has 0 spiro atoms. The Kier molecular flexibility index (Phi) is 61.2. The fourth-order valence-electron chi connectivity index (χ4n) is 11.2. The number of rotatable bonds is 67. The summed E-state index contributed by atoms with van der Waals surface area (Å²) in [5.74, 6) is -0.155. The summed E-state index contributed by atoms with van der Waals surface area (Å²) in [6, 6.07) is -0.798. The summed E-state index contributed by atoms with van der Waals surface area (Å²) in [6.07, 6.45) is 78.7. The highest BCUT2D eigenvalue weighted by molar-refractivity contribution is 7.45. The fourth-order valence-corrected chi connectivity index (χ4v) is 11.9. The van der Waals surface area contributed by atoms with E-state index in [4.69, 9.17) is 9.05 Å². The summed E-state index contributed by atoms with van der Waals surface area (Å²) >= 11 is 0. The van der Waals surface area contributed by atoms with Gasteiger partial charge in [0.05, 0.1) is 39.9 Å². The Labute approximate surface area is 494 Å². The molecule has 2 N–H and O–H groups in total. The average Bonchev–Trinajstić information content (AvgIpc) is 3.42. The second-order valence-electron chi connectivity index (χ2n) is 26.0. The zero-order valence-corrected chi connectivity index (χ0v) is 55.0. The number of nitrogens with zero attached hydrogens (tertiary/aromatic N) is 1. The van der Waals surface area contributed by atoms with Crippen molar-refractivity contribution in [3.05, 3.63) is 12.2 Å². The van der Waals surface area contributed by atoms with E-state index in [1.54, 1.807) is 0 Å². The maximum absolute atomic E-state index is 13.1. The van der Waals surface area contributed by atoms with Gasteiger partial charge in [0.15, 0.2) is 0 Å². The van der Waals surface area contributed by atoms with Crippen LogP contribution in [0.1, 0.15) is 380 Å². The number of phosphoric ester groups is 1. The number of carbonyl (C=O) groups is 1. The number of hydrogen-bond acceptors (Lipinski definition) is 6. The summed E-state index contributed by atoms with van der Waals surface area (Å²) in [5.41, 5.74) is 0. The van der Waals surface area contributed by atoms with Crippen LogP contribution in [0.25, 0.3) is 0 Å². The first-order valence-corrected chi connectivity index (χ1v) is 37.0. The Hall–Kier alpha value is -0.760. The molecule has 0 saturated heterocycles. The van der Waals surface area contributed by atoms with Crippen molar-refractivity contribution in [3.63, 3.8) is 0 Å². The molecule has 0 bridgehead atoms. The smallest absolute Gasteiger partial charge is 0.268 e. The minimum absolute atomic E-state index is 0.0161. The van der Waals surface area contributed by atoms with Gasteiger partial charge in [0.2, 0.25) is 5.91 Å². The van der Waals surface area contributed by atoms with Crippen molar-refractivity contribution in [3.8, 4) is 0 Å². The number of hydrogen-bond donors (Lipinski definition) is 2. The highest BCUT2D eigenvalue weighted by Gasteiger charge is 2.24. The van der Waals surface area contributed by atoms with E-state index < -0.39 is 20.0 Å². The molecule has 8 nitrogen and oxygen atoms in total. The van der Waals surface area contributed by atoms with Crippen LogP contribution in [-0.4, -0.2) is 68.5 Å². The molecule has 9 heteroatoms. The first-order chi connectivity index (χ1) is 38.5. The third-order valence-electron chi connectivity index (χ3n) is 16.8. The Balaban J connectivity index is 3.94. The van der Waals surface area contributed by atoms with Crippen LogP contribution in [0.3, 0.4) is 0 Å². The van der Waals surface area contributed by atoms with Crippen molar-refractivity contribution in [2.45, 2.75) is 392 Å². The number of quaternary nitrogens is 1. The zero-order valence-electron chi connectivity index (χ0n) is 54.1. The molecule has 0 radical (unpaired) electrons. The molecule has 3 atom stereocenters. The molecule has 0 fully saturated rings. The molecule has 0 aliphatic rings. The highest BCUT2D eigenvalue weighted by atomic mass is 31.2. The van der Waals surface area contributed by atoms with Gasteiger partial charge in [-0.25, -0.2) is 0 Å². The lowest BCUT2D eigenvalue weighted by Gasteiger charge is -2.30. The molecular weight excluding hydrogens is 996 g/mol. The maximum atomic E-state index is 13.1. The first kappa shape index (κ1) is 78.2. The molecule has 3 unspecified atom stereocenters. The molecule has 472 valence electrons. The summed E-state index contributed by atoms with van der Waals surface area (Å²) in [7, 11) is 1.33. The van der Waals surface area contributed by atoms with Crippen molar-refractivity contribution in [2.24, 2.45) is 0 Å². The van der Waals surface area contributed by atoms with E-state index in [1.165, 1.54) is 315 Å². The van der Waals surface area contributed by atoms with E-state index in [0.717, 1.165) is 38.5 Å². The number of allylic oxidation sites excluding steroid dienone is 2. The summed E-state index contributed by atoms with van der Waals surface area (Å²) in [6.45, 7) is 4.79. The molecule has 0 aromatic rings. The molecular formula is C70H141N2O6P. The van der Waals surface area contributed by atoms with E-state index in [0.29, 0.717) is 23.9 Å². The third kappa shape index (κ3) is 64.7. The molecule has 0 rings (SSSR count). The Bertz CT molecular complexity index is 1290. The normalized spacial score (nSPS) is 13.7. The lowest BCUT2D eigenvalue weighted by molar-refractivity contribution is -0.870. The van der Waals surface area contributed by atoms with Gasteiger partial charge in [-0.05, 0) is 38.5 Å². The molecule has 0 aromatic carbocycles. The van der Waals surface area contributed by atoms with Gasteiger partial charge in [-0.1, -0.05) is 347 Å². The summed E-state index contributed by atoms with van der Waals surface area (Å²) in [4.78, 5) is 25.7. The van der Waals surface area contributed by atoms with E-state index in [-0.39, 0.29) is 19.1 Å². The Morgan fingerprint density at radius 3 is 0.987 bits per heavy atom. The number of aliphatic hydroxyl groups excluding tert-OH is 1. The number of carbonyl (C=O) groups excluding carboxylic acids is 1. The average molecular weight is 1140 g/mol. The fraction of sp³-hybridized carbons (Fsp3) is 0.957. The largest absolute Gasteiger partial charge is 0.756 e. The van der Waals surface area contributed by atoms with Crippen LogP contribution in [0.15, 0.2) is 12.2 Å². The van der Waals surface area contributed by atoms with E-state index in [1.807, 2.05) is 21.1 Å². The van der Waals surface area contributed by atoms with Crippen LogP contribution in [0.4, 0.5) is 0 Å². The molecule has 0 heterocycles. The SMILES string of the molecule is CCCCCCCCCC/C=C\CCCCCCCCCCCCCCCCCCCCCCCCCC(=O)NC(COP(=O)([O-])OCC[N+](C)(C)C)C(O)CCCCCCCCCCCCCCCCCCCCCCCC. The third-order valence-corrected chi connectivity index (χ3v) is 17.7.